The van der Waals surface area contributed by atoms with Gasteiger partial charge in [-0.2, -0.15) is 0 Å². The fourth-order valence-electron chi connectivity index (χ4n) is 7.24. The minimum absolute atomic E-state index is 0.0334. The van der Waals surface area contributed by atoms with Crippen LogP contribution in [0.25, 0.3) is 0 Å². The average Bonchev–Trinajstić information content (AvgIpc) is 3.12. The summed E-state index contributed by atoms with van der Waals surface area (Å²) in [5.74, 6) is -0.0334. The second-order valence-electron chi connectivity index (χ2n) is 15.8. The van der Waals surface area contributed by atoms with E-state index in [1.54, 1.807) is 0 Å². The summed E-state index contributed by atoms with van der Waals surface area (Å²) in [7, 11) is 0. The maximum atomic E-state index is 12.4. The predicted molar refractivity (Wildman–Crippen MR) is 221 cm³/mol. The summed E-state index contributed by atoms with van der Waals surface area (Å²) in [6.07, 6.45) is 53.0. The number of unbranched alkanes of at least 4 members (excludes halogenated alkanes) is 33. The molecule has 2 unspecified atom stereocenters. The highest BCUT2D eigenvalue weighted by Crippen LogP contribution is 2.17. The van der Waals surface area contributed by atoms with Crippen LogP contribution in [0.2, 0.25) is 0 Å². The Hall–Kier alpha value is -0.870. The molecule has 0 aliphatic heterocycles. The van der Waals surface area contributed by atoms with Crippen molar-refractivity contribution >= 4 is 5.91 Å². The van der Waals surface area contributed by atoms with Crippen LogP contribution in [0.5, 0.6) is 0 Å². The van der Waals surface area contributed by atoms with E-state index in [0.29, 0.717) is 12.8 Å². The van der Waals surface area contributed by atoms with Gasteiger partial charge in [-0.3, -0.25) is 4.79 Å². The van der Waals surface area contributed by atoms with E-state index < -0.39 is 12.1 Å². The van der Waals surface area contributed by atoms with Crippen LogP contribution < -0.4 is 5.32 Å². The summed E-state index contributed by atoms with van der Waals surface area (Å²) in [6.45, 7) is 4.36. The first-order chi connectivity index (χ1) is 24.7. The molecule has 0 spiro atoms. The van der Waals surface area contributed by atoms with Crippen LogP contribution in [0.3, 0.4) is 0 Å². The Balaban J connectivity index is 3.46. The second-order valence-corrected chi connectivity index (χ2v) is 15.8. The van der Waals surface area contributed by atoms with Crippen LogP contribution in [-0.4, -0.2) is 34.9 Å². The third-order valence-electron chi connectivity index (χ3n) is 10.8. The van der Waals surface area contributed by atoms with Crippen molar-refractivity contribution in [3.8, 4) is 0 Å². The molecule has 0 aliphatic rings. The predicted octanol–water partition coefficient (Wildman–Crippen LogP) is 14.2. The van der Waals surface area contributed by atoms with E-state index in [1.807, 2.05) is 0 Å². The van der Waals surface area contributed by atoms with Gasteiger partial charge in [0.1, 0.15) is 0 Å². The maximum Gasteiger partial charge on any atom is 0.220 e. The van der Waals surface area contributed by atoms with E-state index in [4.69, 9.17) is 0 Å². The van der Waals surface area contributed by atoms with Crippen LogP contribution in [0.4, 0.5) is 0 Å². The Morgan fingerprint density at radius 2 is 0.760 bits per heavy atom. The zero-order valence-electron chi connectivity index (χ0n) is 34.2. The molecule has 0 saturated carbocycles. The van der Waals surface area contributed by atoms with Crippen molar-refractivity contribution in [2.75, 3.05) is 6.61 Å². The summed E-state index contributed by atoms with van der Waals surface area (Å²) in [5.41, 5.74) is 0. The normalized spacial score (nSPS) is 13.0. The highest BCUT2D eigenvalue weighted by molar-refractivity contribution is 5.76. The summed E-state index contributed by atoms with van der Waals surface area (Å²) < 4.78 is 0. The molecule has 4 heteroatoms. The van der Waals surface area contributed by atoms with E-state index >= 15 is 0 Å². The lowest BCUT2D eigenvalue weighted by Gasteiger charge is -2.22. The van der Waals surface area contributed by atoms with Crippen molar-refractivity contribution in [3.63, 3.8) is 0 Å². The van der Waals surface area contributed by atoms with Crippen molar-refractivity contribution in [1.82, 2.24) is 5.32 Å². The largest absolute Gasteiger partial charge is 0.394 e. The number of nitrogens with one attached hydrogen (secondary N) is 1. The number of aliphatic hydroxyl groups excluding tert-OH is 2. The Morgan fingerprint density at radius 1 is 0.460 bits per heavy atom. The van der Waals surface area contributed by atoms with Crippen LogP contribution in [-0.2, 0) is 4.79 Å². The van der Waals surface area contributed by atoms with E-state index in [2.05, 4.69) is 31.3 Å². The molecule has 0 aromatic heterocycles. The third-order valence-corrected chi connectivity index (χ3v) is 10.8. The van der Waals surface area contributed by atoms with Gasteiger partial charge < -0.3 is 15.5 Å². The summed E-state index contributed by atoms with van der Waals surface area (Å²) in [6, 6.07) is -0.535. The molecule has 0 saturated heterocycles. The standard InChI is InChI=1S/C46H91NO3/c1-3-5-7-9-11-13-15-17-19-20-21-22-23-24-25-26-28-29-31-33-35-37-39-41-45(49)44(43-48)47-46(50)42-40-38-36-34-32-30-27-18-16-14-12-10-8-6-4-2/h14,16,44-45,48-49H,3-13,15,17-43H2,1-2H3,(H,47,50)/b16-14-. The van der Waals surface area contributed by atoms with Gasteiger partial charge in [-0.25, -0.2) is 0 Å². The van der Waals surface area contributed by atoms with Gasteiger partial charge in [0.05, 0.1) is 18.8 Å². The van der Waals surface area contributed by atoms with E-state index in [-0.39, 0.29) is 12.5 Å². The van der Waals surface area contributed by atoms with E-state index in [0.717, 1.165) is 25.7 Å². The number of carbonyl (C=O) groups is 1. The molecule has 50 heavy (non-hydrogen) atoms. The van der Waals surface area contributed by atoms with Crippen molar-refractivity contribution in [2.45, 2.75) is 270 Å². The fraction of sp³-hybridized carbons (Fsp3) is 0.935. The number of hydrogen-bond acceptors (Lipinski definition) is 3. The summed E-state index contributed by atoms with van der Waals surface area (Å²) in [4.78, 5) is 12.4. The maximum absolute atomic E-state index is 12.4. The van der Waals surface area contributed by atoms with Gasteiger partial charge in [0.15, 0.2) is 0 Å². The molecule has 1 amide bonds. The molecule has 3 N–H and O–H groups in total. The van der Waals surface area contributed by atoms with Gasteiger partial charge in [-0.1, -0.05) is 225 Å². The molecule has 4 nitrogen and oxygen atoms in total. The molecule has 0 rings (SSSR count). The number of aliphatic hydroxyl groups is 2. The number of amides is 1. The number of hydrogen-bond donors (Lipinski definition) is 3. The topological polar surface area (TPSA) is 69.6 Å². The Bertz CT molecular complexity index is 680. The molecule has 0 aliphatic carbocycles. The van der Waals surface area contributed by atoms with Gasteiger partial charge in [0.2, 0.25) is 5.91 Å². The van der Waals surface area contributed by atoms with Gasteiger partial charge >= 0.3 is 0 Å². The lowest BCUT2D eigenvalue weighted by Crippen LogP contribution is -2.45. The second kappa shape index (κ2) is 42.5. The minimum Gasteiger partial charge on any atom is -0.394 e. The molecule has 0 fully saturated rings. The van der Waals surface area contributed by atoms with Gasteiger partial charge in [-0.15, -0.1) is 0 Å². The lowest BCUT2D eigenvalue weighted by atomic mass is 10.0. The SMILES string of the molecule is CCCCCC/C=C\CCCCCCCCCC(=O)NC(CO)C(O)CCCCCCCCCCCCCCCCCCCCCCCCC. The molecule has 0 bridgehead atoms. The Kier molecular flexibility index (Phi) is 41.8. The fourth-order valence-corrected chi connectivity index (χ4v) is 7.24. The molecule has 2 atom stereocenters. The number of carbonyl (C=O) groups excluding carboxylic acids is 1. The molecule has 0 aromatic carbocycles. The zero-order valence-corrected chi connectivity index (χ0v) is 34.2. The van der Waals surface area contributed by atoms with Crippen molar-refractivity contribution in [1.29, 1.82) is 0 Å². The zero-order chi connectivity index (χ0) is 36.4. The Labute approximate surface area is 314 Å². The number of allylic oxidation sites excluding steroid dienone is 2. The van der Waals surface area contributed by atoms with Crippen LogP contribution in [0.1, 0.15) is 258 Å². The van der Waals surface area contributed by atoms with Crippen LogP contribution >= 0.6 is 0 Å². The quantitative estimate of drug-likeness (QED) is 0.0437. The lowest BCUT2D eigenvalue weighted by molar-refractivity contribution is -0.123. The minimum atomic E-state index is -0.658. The van der Waals surface area contributed by atoms with Gasteiger partial charge in [0.25, 0.3) is 0 Å². The van der Waals surface area contributed by atoms with Gasteiger partial charge in [-0.05, 0) is 38.5 Å². The Morgan fingerprint density at radius 3 is 1.12 bits per heavy atom. The summed E-state index contributed by atoms with van der Waals surface area (Å²) >= 11 is 0. The van der Waals surface area contributed by atoms with Crippen molar-refractivity contribution in [2.24, 2.45) is 0 Å². The monoisotopic (exact) mass is 706 g/mol. The highest BCUT2D eigenvalue weighted by atomic mass is 16.3. The van der Waals surface area contributed by atoms with Crippen molar-refractivity contribution in [3.05, 3.63) is 12.2 Å². The smallest absolute Gasteiger partial charge is 0.220 e. The number of rotatable bonds is 42. The van der Waals surface area contributed by atoms with Crippen LogP contribution in [0.15, 0.2) is 12.2 Å². The first-order valence-corrected chi connectivity index (χ1v) is 22.9. The third kappa shape index (κ3) is 38.4. The van der Waals surface area contributed by atoms with E-state index in [9.17, 15) is 15.0 Å². The molecular weight excluding hydrogens is 615 g/mol. The van der Waals surface area contributed by atoms with Crippen LogP contribution in [0, 0.1) is 0 Å². The molecular formula is C46H91NO3. The van der Waals surface area contributed by atoms with Crippen molar-refractivity contribution < 1.29 is 15.0 Å². The first kappa shape index (κ1) is 49.1. The molecule has 298 valence electrons. The average molecular weight is 706 g/mol. The molecule has 0 aromatic rings. The molecule has 0 radical (unpaired) electrons. The highest BCUT2D eigenvalue weighted by Gasteiger charge is 2.20. The van der Waals surface area contributed by atoms with Gasteiger partial charge in [0, 0.05) is 6.42 Å². The first-order valence-electron chi connectivity index (χ1n) is 22.9. The van der Waals surface area contributed by atoms with E-state index in [1.165, 1.54) is 205 Å². The summed E-state index contributed by atoms with van der Waals surface area (Å²) in [5, 5.41) is 23.2. The molecule has 0 heterocycles.